The van der Waals surface area contributed by atoms with Gasteiger partial charge in [-0.2, -0.15) is 0 Å². The topological polar surface area (TPSA) is 157 Å². The first-order valence-corrected chi connectivity index (χ1v) is 16.5. The Balaban J connectivity index is 0. The second-order valence-corrected chi connectivity index (χ2v) is 10.8. The SMILES string of the molecule is C#CCCC(NC(=O)C1CCCN1C(=O)C(NC(=O)NC)C1CC(=C)/C=C\C=C/C(C)C1)C(=O)C(=O)NCC=C.CC.CCC.CO. The van der Waals surface area contributed by atoms with E-state index in [4.69, 9.17) is 11.5 Å². The number of urea groups is 1. The highest BCUT2D eigenvalue weighted by Crippen LogP contribution is 2.29. The molecule has 11 nitrogen and oxygen atoms in total. The molecule has 0 aromatic carbocycles. The third kappa shape index (κ3) is 16.8. The van der Waals surface area contributed by atoms with Gasteiger partial charge in [-0.1, -0.05) is 83.6 Å². The normalized spacial score (nSPS) is 20.7. The van der Waals surface area contributed by atoms with Crippen molar-refractivity contribution in [1.82, 2.24) is 26.2 Å². The summed E-state index contributed by atoms with van der Waals surface area (Å²) in [4.78, 5) is 66.3. The molecule has 1 aliphatic carbocycles. The van der Waals surface area contributed by atoms with Gasteiger partial charge in [-0.25, -0.2) is 4.79 Å². The van der Waals surface area contributed by atoms with E-state index in [2.05, 4.69) is 54.2 Å². The average molecular weight is 658 g/mol. The molecule has 0 bridgehead atoms. The van der Waals surface area contributed by atoms with Crippen molar-refractivity contribution < 1.29 is 29.1 Å². The zero-order valence-electron chi connectivity index (χ0n) is 29.6. The Bertz CT molecular complexity index is 1110. The van der Waals surface area contributed by atoms with Crippen LogP contribution in [0.5, 0.6) is 0 Å². The molecule has 264 valence electrons. The van der Waals surface area contributed by atoms with Gasteiger partial charge in [0.25, 0.3) is 5.91 Å². The number of hydrogen-bond donors (Lipinski definition) is 5. The molecule has 1 heterocycles. The summed E-state index contributed by atoms with van der Waals surface area (Å²) in [6.07, 6.45) is 18.1. The van der Waals surface area contributed by atoms with E-state index < -0.39 is 41.8 Å². The minimum atomic E-state index is -1.14. The number of aliphatic hydroxyl groups excluding tert-OH is 1. The highest BCUT2D eigenvalue weighted by Gasteiger charge is 2.41. The number of terminal acetylenes is 1. The van der Waals surface area contributed by atoms with Crippen LogP contribution < -0.4 is 21.3 Å². The van der Waals surface area contributed by atoms with E-state index in [1.54, 1.807) is 0 Å². The molecule has 0 saturated carbocycles. The van der Waals surface area contributed by atoms with Crippen LogP contribution >= 0.6 is 0 Å². The molecule has 0 aromatic rings. The minimum Gasteiger partial charge on any atom is -0.400 e. The molecule has 5 N–H and O–H groups in total. The standard InChI is InChI=1S/C30H41N5O5.C3H8.C2H6.CH4O/c1-6-8-14-23(26(36)28(38)32-16-7-2)33-27(37)24-15-11-17-35(24)29(39)25(34-30(40)31-5)22-18-20(3)12-9-10-13-21(4)19-22;1-3-2;2*1-2/h1,7,9-10,12-13,21-25H,2-3,8,11,14-19H2,4-5H3,(H,32,38)(H,33,37)(H2,31,34,40);3H2,1-2H3;1-2H3;2H,1H3/b12-9-,13-10-;;;. The predicted molar refractivity (Wildman–Crippen MR) is 189 cm³/mol. The lowest BCUT2D eigenvalue weighted by atomic mass is 9.84. The van der Waals surface area contributed by atoms with E-state index in [0.717, 1.165) is 12.7 Å². The van der Waals surface area contributed by atoms with Crippen LogP contribution in [0.1, 0.15) is 79.6 Å². The Labute approximate surface area is 282 Å². The van der Waals surface area contributed by atoms with Crippen LogP contribution in [0.4, 0.5) is 4.79 Å². The summed E-state index contributed by atoms with van der Waals surface area (Å²) >= 11 is 0. The largest absolute Gasteiger partial charge is 0.400 e. The van der Waals surface area contributed by atoms with E-state index in [0.29, 0.717) is 32.2 Å². The van der Waals surface area contributed by atoms with Crippen molar-refractivity contribution in [2.75, 3.05) is 27.2 Å². The average Bonchev–Trinajstić information content (AvgIpc) is 3.59. The Kier molecular flexibility index (Phi) is 25.8. The van der Waals surface area contributed by atoms with Gasteiger partial charge in [-0.15, -0.1) is 18.9 Å². The molecule has 2 aliphatic rings. The number of nitrogens with zero attached hydrogens (tertiary/aromatic N) is 1. The number of likely N-dealkylation sites (tertiary alicyclic amines) is 1. The first-order valence-electron chi connectivity index (χ1n) is 16.5. The van der Waals surface area contributed by atoms with Gasteiger partial charge in [-0.3, -0.25) is 19.2 Å². The fourth-order valence-electron chi connectivity index (χ4n) is 4.99. The zero-order chi connectivity index (χ0) is 36.4. The molecule has 1 fully saturated rings. The van der Waals surface area contributed by atoms with E-state index in [-0.39, 0.29) is 37.1 Å². The summed E-state index contributed by atoms with van der Waals surface area (Å²) < 4.78 is 0. The summed E-state index contributed by atoms with van der Waals surface area (Å²) in [5.74, 6) is -0.319. The van der Waals surface area contributed by atoms with Gasteiger partial charge < -0.3 is 31.3 Å². The molecular weight excluding hydrogens is 598 g/mol. The first kappa shape index (κ1) is 45.0. The van der Waals surface area contributed by atoms with Gasteiger partial charge in [0.2, 0.25) is 17.6 Å². The number of ketones is 1. The smallest absolute Gasteiger partial charge is 0.315 e. The van der Waals surface area contributed by atoms with Gasteiger partial charge in [0.05, 0.1) is 6.04 Å². The third-order valence-electron chi connectivity index (χ3n) is 7.01. The van der Waals surface area contributed by atoms with Crippen molar-refractivity contribution in [3.63, 3.8) is 0 Å². The summed E-state index contributed by atoms with van der Waals surface area (Å²) in [7, 11) is 2.47. The number of carbonyl (C=O) groups is 5. The molecule has 5 unspecified atom stereocenters. The summed E-state index contributed by atoms with van der Waals surface area (Å²) in [6.45, 7) is 18.3. The number of Topliss-reactive ketones (excluding diaryl/α,β-unsaturated/α-hetero) is 1. The Morgan fingerprint density at radius 1 is 1.15 bits per heavy atom. The van der Waals surface area contributed by atoms with Crippen molar-refractivity contribution in [3.8, 4) is 12.3 Å². The number of rotatable bonds is 11. The molecular formula is C36H59N5O6. The molecule has 5 amide bonds. The van der Waals surface area contributed by atoms with Gasteiger partial charge in [0, 0.05) is 33.7 Å². The van der Waals surface area contributed by atoms with Gasteiger partial charge >= 0.3 is 6.03 Å². The van der Waals surface area contributed by atoms with Crippen molar-refractivity contribution in [1.29, 1.82) is 0 Å². The Morgan fingerprint density at radius 2 is 1.79 bits per heavy atom. The van der Waals surface area contributed by atoms with Crippen molar-refractivity contribution in [2.24, 2.45) is 11.8 Å². The maximum Gasteiger partial charge on any atom is 0.315 e. The summed E-state index contributed by atoms with van der Waals surface area (Å²) in [5.41, 5.74) is 0.820. The van der Waals surface area contributed by atoms with Gasteiger partial charge in [0.15, 0.2) is 0 Å². The monoisotopic (exact) mass is 657 g/mol. The first-order chi connectivity index (χ1) is 22.5. The molecule has 11 heteroatoms. The van der Waals surface area contributed by atoms with Crippen molar-refractivity contribution in [3.05, 3.63) is 49.1 Å². The van der Waals surface area contributed by atoms with E-state index >= 15 is 0 Å². The maximum atomic E-state index is 14.0. The lowest BCUT2D eigenvalue weighted by molar-refractivity contribution is -0.143. The van der Waals surface area contributed by atoms with E-state index in [1.165, 1.54) is 24.4 Å². The van der Waals surface area contributed by atoms with E-state index in [1.807, 2.05) is 45.1 Å². The highest BCUT2D eigenvalue weighted by atomic mass is 16.2. The third-order valence-corrected chi connectivity index (χ3v) is 7.01. The van der Waals surface area contributed by atoms with Gasteiger partial charge in [0.1, 0.15) is 12.1 Å². The molecule has 1 saturated heterocycles. The summed E-state index contributed by atoms with van der Waals surface area (Å²) in [5, 5.41) is 17.4. The highest BCUT2D eigenvalue weighted by molar-refractivity contribution is 6.38. The number of carbonyl (C=O) groups excluding carboxylic acids is 5. The number of aliphatic hydroxyl groups is 1. The summed E-state index contributed by atoms with van der Waals surface area (Å²) in [6, 6.07) is -3.41. The van der Waals surface area contributed by atoms with Crippen LogP contribution in [-0.4, -0.2) is 84.9 Å². The lowest BCUT2D eigenvalue weighted by Crippen LogP contribution is -2.58. The maximum absolute atomic E-state index is 14.0. The van der Waals surface area contributed by atoms with Crippen LogP contribution in [0, 0.1) is 24.2 Å². The van der Waals surface area contributed by atoms with Crippen molar-refractivity contribution >= 4 is 29.5 Å². The zero-order valence-corrected chi connectivity index (χ0v) is 29.6. The number of amides is 5. The Morgan fingerprint density at radius 3 is 2.36 bits per heavy atom. The number of allylic oxidation sites excluding steroid dienone is 5. The molecule has 1 aliphatic heterocycles. The fourth-order valence-corrected chi connectivity index (χ4v) is 4.99. The number of hydrogen-bond acceptors (Lipinski definition) is 6. The number of nitrogens with one attached hydrogen (secondary N) is 4. The van der Waals surface area contributed by atoms with Crippen LogP contribution in [0.2, 0.25) is 0 Å². The second-order valence-electron chi connectivity index (χ2n) is 10.8. The Hall–Kier alpha value is -4.17. The lowest BCUT2D eigenvalue weighted by Gasteiger charge is -2.34. The molecule has 0 radical (unpaired) electrons. The van der Waals surface area contributed by atoms with Crippen LogP contribution in [0.25, 0.3) is 0 Å². The van der Waals surface area contributed by atoms with Crippen LogP contribution in [-0.2, 0) is 19.2 Å². The van der Waals surface area contributed by atoms with Crippen LogP contribution in [0.3, 0.4) is 0 Å². The molecule has 47 heavy (non-hydrogen) atoms. The quantitative estimate of drug-likeness (QED) is 0.129. The molecule has 2 rings (SSSR count). The predicted octanol–water partition coefficient (Wildman–Crippen LogP) is 3.81. The molecule has 0 spiro atoms. The van der Waals surface area contributed by atoms with Gasteiger partial charge in [-0.05, 0) is 43.9 Å². The molecule has 5 atom stereocenters. The fraction of sp³-hybridized carbons (Fsp3) is 0.583. The minimum absolute atomic E-state index is 0.0766. The molecule has 0 aromatic heterocycles. The van der Waals surface area contributed by atoms with Crippen LogP contribution in [0.15, 0.2) is 49.1 Å². The van der Waals surface area contributed by atoms with E-state index in [9.17, 15) is 24.0 Å². The van der Waals surface area contributed by atoms with Crippen molar-refractivity contribution in [2.45, 2.75) is 97.7 Å². The second kappa shape index (κ2) is 27.0.